The van der Waals surface area contributed by atoms with Gasteiger partial charge in [0, 0.05) is 19.6 Å². The molecule has 1 aromatic heterocycles. The largest absolute Gasteiger partial charge is 0.497 e. The molecule has 0 amide bonds. The summed E-state index contributed by atoms with van der Waals surface area (Å²) in [7, 11) is 1.66. The zero-order valence-corrected chi connectivity index (χ0v) is 18.6. The van der Waals surface area contributed by atoms with Crippen molar-refractivity contribution < 1.29 is 19.0 Å². The molecule has 1 heterocycles. The molecule has 0 atom stereocenters. The third-order valence-electron chi connectivity index (χ3n) is 5.29. The molecule has 0 saturated carbocycles. The number of rotatable bonds is 12. The SMILES string of the molecule is CCOC(=O)CCc1ccc2c(nnn2CCCCOCc2ccc(OC)cc2)c1C. The highest BCUT2D eigenvalue weighted by atomic mass is 16.5. The van der Waals surface area contributed by atoms with E-state index in [2.05, 4.69) is 16.4 Å². The van der Waals surface area contributed by atoms with Crippen LogP contribution in [-0.2, 0) is 33.8 Å². The van der Waals surface area contributed by atoms with Crippen LogP contribution in [0.15, 0.2) is 36.4 Å². The molecule has 3 rings (SSSR count). The van der Waals surface area contributed by atoms with Crippen molar-refractivity contribution in [2.24, 2.45) is 0 Å². The van der Waals surface area contributed by atoms with Crippen LogP contribution in [0.3, 0.4) is 0 Å². The van der Waals surface area contributed by atoms with Gasteiger partial charge in [0.05, 0.1) is 25.8 Å². The van der Waals surface area contributed by atoms with Crippen molar-refractivity contribution in [3.8, 4) is 5.75 Å². The number of aryl methyl sites for hydroxylation is 3. The second-order valence-electron chi connectivity index (χ2n) is 7.44. The van der Waals surface area contributed by atoms with Crippen molar-refractivity contribution in [2.45, 2.75) is 52.7 Å². The van der Waals surface area contributed by atoms with Gasteiger partial charge in [0.1, 0.15) is 11.3 Å². The highest BCUT2D eigenvalue weighted by molar-refractivity contribution is 5.79. The molecule has 0 saturated heterocycles. The van der Waals surface area contributed by atoms with Gasteiger partial charge in [0.15, 0.2) is 0 Å². The molecule has 166 valence electrons. The van der Waals surface area contributed by atoms with Crippen LogP contribution in [0.4, 0.5) is 0 Å². The van der Waals surface area contributed by atoms with Crippen LogP contribution < -0.4 is 4.74 Å². The second-order valence-corrected chi connectivity index (χ2v) is 7.44. The minimum atomic E-state index is -0.167. The lowest BCUT2D eigenvalue weighted by Gasteiger charge is -2.08. The topological polar surface area (TPSA) is 75.5 Å². The van der Waals surface area contributed by atoms with Crippen LogP contribution in [0.25, 0.3) is 11.0 Å². The van der Waals surface area contributed by atoms with Gasteiger partial charge in [-0.2, -0.15) is 0 Å². The lowest BCUT2D eigenvalue weighted by molar-refractivity contribution is -0.143. The van der Waals surface area contributed by atoms with Gasteiger partial charge < -0.3 is 14.2 Å². The van der Waals surface area contributed by atoms with E-state index in [9.17, 15) is 4.79 Å². The average Bonchev–Trinajstić information content (AvgIpc) is 3.20. The van der Waals surface area contributed by atoms with E-state index in [-0.39, 0.29) is 5.97 Å². The molecular weight excluding hydrogens is 394 g/mol. The van der Waals surface area contributed by atoms with E-state index in [4.69, 9.17) is 14.2 Å². The minimum Gasteiger partial charge on any atom is -0.497 e. The van der Waals surface area contributed by atoms with Crippen LogP contribution in [0.1, 0.15) is 42.9 Å². The Bertz CT molecular complexity index is 982. The standard InChI is InChI=1S/C24H31N3O4/c1-4-31-23(28)14-10-20-9-13-22-24(18(20)2)25-26-27(22)15-5-6-16-30-17-19-7-11-21(29-3)12-8-19/h7-9,11-13H,4-6,10,14-17H2,1-3H3. The Morgan fingerprint density at radius 2 is 1.90 bits per heavy atom. The zero-order chi connectivity index (χ0) is 22.1. The average molecular weight is 426 g/mol. The van der Waals surface area contributed by atoms with Crippen LogP contribution in [0, 0.1) is 6.92 Å². The molecule has 0 radical (unpaired) electrons. The maximum absolute atomic E-state index is 11.6. The first-order chi connectivity index (χ1) is 15.1. The fraction of sp³-hybridized carbons (Fsp3) is 0.458. The van der Waals surface area contributed by atoms with Crippen LogP contribution >= 0.6 is 0 Å². The quantitative estimate of drug-likeness (QED) is 0.319. The molecule has 3 aromatic rings. The molecule has 0 spiro atoms. The van der Waals surface area contributed by atoms with Crippen molar-refractivity contribution in [2.75, 3.05) is 20.3 Å². The summed E-state index contributed by atoms with van der Waals surface area (Å²) in [4.78, 5) is 11.6. The zero-order valence-electron chi connectivity index (χ0n) is 18.6. The summed E-state index contributed by atoms with van der Waals surface area (Å²) in [6.07, 6.45) is 2.95. The maximum atomic E-state index is 11.6. The third-order valence-corrected chi connectivity index (χ3v) is 5.29. The van der Waals surface area contributed by atoms with E-state index in [0.29, 0.717) is 32.7 Å². The molecule has 0 unspecified atom stereocenters. The molecular formula is C24H31N3O4. The summed E-state index contributed by atoms with van der Waals surface area (Å²) in [5.74, 6) is 0.685. The normalized spacial score (nSPS) is 11.1. The number of esters is 1. The van der Waals surface area contributed by atoms with Crippen molar-refractivity contribution in [1.29, 1.82) is 0 Å². The second kappa shape index (κ2) is 11.5. The summed E-state index contributed by atoms with van der Waals surface area (Å²) in [5, 5.41) is 8.69. The van der Waals surface area contributed by atoms with Gasteiger partial charge in [0.25, 0.3) is 0 Å². The summed E-state index contributed by atoms with van der Waals surface area (Å²) in [6, 6.07) is 12.0. The molecule has 0 N–H and O–H groups in total. The maximum Gasteiger partial charge on any atom is 0.306 e. The number of fused-ring (bicyclic) bond motifs is 1. The highest BCUT2D eigenvalue weighted by Crippen LogP contribution is 2.21. The lowest BCUT2D eigenvalue weighted by Crippen LogP contribution is -2.06. The Labute approximate surface area is 183 Å². The van der Waals surface area contributed by atoms with Crippen LogP contribution in [0.2, 0.25) is 0 Å². The van der Waals surface area contributed by atoms with Crippen molar-refractivity contribution >= 4 is 17.0 Å². The van der Waals surface area contributed by atoms with Gasteiger partial charge >= 0.3 is 5.97 Å². The smallest absolute Gasteiger partial charge is 0.306 e. The predicted octanol–water partition coefficient (Wildman–Crippen LogP) is 4.24. The van der Waals surface area contributed by atoms with Crippen molar-refractivity contribution in [3.05, 3.63) is 53.1 Å². The number of ether oxygens (including phenoxy) is 3. The fourth-order valence-corrected chi connectivity index (χ4v) is 3.49. The van der Waals surface area contributed by atoms with E-state index >= 15 is 0 Å². The number of unbranched alkanes of at least 4 members (excludes halogenated alkanes) is 1. The number of carbonyl (C=O) groups excluding carboxylic acids is 1. The summed E-state index contributed by atoms with van der Waals surface area (Å²) in [6.45, 7) is 6.37. The number of methoxy groups -OCH3 is 1. The molecule has 2 aromatic carbocycles. The van der Waals surface area contributed by atoms with Crippen molar-refractivity contribution in [1.82, 2.24) is 15.0 Å². The summed E-state index contributed by atoms with van der Waals surface area (Å²) in [5.41, 5.74) is 5.25. The van der Waals surface area contributed by atoms with Gasteiger partial charge in [-0.25, -0.2) is 4.68 Å². The van der Waals surface area contributed by atoms with Crippen molar-refractivity contribution in [3.63, 3.8) is 0 Å². The Hall–Kier alpha value is -2.93. The highest BCUT2D eigenvalue weighted by Gasteiger charge is 2.12. The van der Waals surface area contributed by atoms with E-state index in [0.717, 1.165) is 52.9 Å². The first-order valence-corrected chi connectivity index (χ1v) is 10.8. The lowest BCUT2D eigenvalue weighted by atomic mass is 10.0. The van der Waals surface area contributed by atoms with Crippen LogP contribution in [0.5, 0.6) is 5.75 Å². The third kappa shape index (κ3) is 6.28. The predicted molar refractivity (Wildman–Crippen MR) is 119 cm³/mol. The molecule has 7 nitrogen and oxygen atoms in total. The Morgan fingerprint density at radius 1 is 1.10 bits per heavy atom. The molecule has 0 aliphatic carbocycles. The molecule has 31 heavy (non-hydrogen) atoms. The number of hydrogen-bond acceptors (Lipinski definition) is 6. The molecule has 0 bridgehead atoms. The Kier molecular flexibility index (Phi) is 8.41. The van der Waals surface area contributed by atoms with Gasteiger partial charge in [0.2, 0.25) is 0 Å². The monoisotopic (exact) mass is 425 g/mol. The Balaban J connectivity index is 1.45. The molecule has 0 aliphatic heterocycles. The number of aromatic nitrogens is 3. The van der Waals surface area contributed by atoms with Gasteiger partial charge in [-0.1, -0.05) is 23.4 Å². The molecule has 0 aliphatic rings. The number of hydrogen-bond donors (Lipinski definition) is 0. The van der Waals surface area contributed by atoms with Gasteiger partial charge in [-0.05, 0) is 68.0 Å². The molecule has 7 heteroatoms. The van der Waals surface area contributed by atoms with E-state index in [1.807, 2.05) is 48.9 Å². The van der Waals surface area contributed by atoms with E-state index in [1.165, 1.54) is 0 Å². The summed E-state index contributed by atoms with van der Waals surface area (Å²) < 4.78 is 17.9. The first kappa shape index (κ1) is 22.7. The minimum absolute atomic E-state index is 0.167. The van der Waals surface area contributed by atoms with Gasteiger partial charge in [-0.15, -0.1) is 5.10 Å². The Morgan fingerprint density at radius 3 is 2.65 bits per heavy atom. The molecule has 0 fully saturated rings. The van der Waals surface area contributed by atoms with E-state index in [1.54, 1.807) is 7.11 Å². The number of carbonyl (C=O) groups is 1. The number of benzene rings is 2. The fourth-order valence-electron chi connectivity index (χ4n) is 3.49. The van der Waals surface area contributed by atoms with E-state index < -0.39 is 0 Å². The summed E-state index contributed by atoms with van der Waals surface area (Å²) >= 11 is 0. The number of nitrogens with zero attached hydrogens (tertiary/aromatic N) is 3. The van der Waals surface area contributed by atoms with Gasteiger partial charge in [-0.3, -0.25) is 4.79 Å². The van der Waals surface area contributed by atoms with Crippen LogP contribution in [-0.4, -0.2) is 41.3 Å². The first-order valence-electron chi connectivity index (χ1n) is 10.8.